The van der Waals surface area contributed by atoms with Gasteiger partial charge >= 0.3 is 0 Å². The van der Waals surface area contributed by atoms with Gasteiger partial charge in [-0.2, -0.15) is 5.10 Å². The van der Waals surface area contributed by atoms with Crippen LogP contribution in [0, 0.1) is 0 Å². The average molecular weight is 365 g/mol. The number of hydrogen-bond acceptors (Lipinski definition) is 6. The Labute approximate surface area is 157 Å². The van der Waals surface area contributed by atoms with Gasteiger partial charge in [-0.25, -0.2) is 9.50 Å². The van der Waals surface area contributed by atoms with E-state index in [0.717, 1.165) is 36.9 Å². The molecule has 0 radical (unpaired) electrons. The highest BCUT2D eigenvalue weighted by Gasteiger charge is 2.22. The molecule has 8 nitrogen and oxygen atoms in total. The van der Waals surface area contributed by atoms with Crippen molar-refractivity contribution in [3.05, 3.63) is 48.3 Å². The van der Waals surface area contributed by atoms with Crippen molar-refractivity contribution < 1.29 is 4.79 Å². The topological polar surface area (TPSA) is 123 Å². The van der Waals surface area contributed by atoms with Crippen LogP contribution in [0.3, 0.4) is 0 Å². The summed E-state index contributed by atoms with van der Waals surface area (Å²) in [6.07, 6.45) is 7.87. The number of carbonyl (C=O) groups is 1. The molecule has 0 bridgehead atoms. The summed E-state index contributed by atoms with van der Waals surface area (Å²) in [5.74, 6) is 0.527. The number of rotatable bonds is 5. The fourth-order valence-corrected chi connectivity index (χ4v) is 3.52. The summed E-state index contributed by atoms with van der Waals surface area (Å²) >= 11 is 0. The van der Waals surface area contributed by atoms with E-state index in [-0.39, 0.29) is 12.1 Å². The van der Waals surface area contributed by atoms with Crippen molar-refractivity contribution in [2.24, 2.45) is 11.5 Å². The predicted molar refractivity (Wildman–Crippen MR) is 105 cm³/mol. The van der Waals surface area contributed by atoms with Crippen LogP contribution in [0.2, 0.25) is 0 Å². The molecule has 3 aromatic heterocycles. The maximum absolute atomic E-state index is 11.8. The summed E-state index contributed by atoms with van der Waals surface area (Å²) in [5, 5.41) is 10.9. The number of primary amides is 1. The minimum Gasteiger partial charge on any atom is -0.366 e. The number of anilines is 3. The molecule has 3 aromatic rings. The Balaban J connectivity index is 1.64. The van der Waals surface area contributed by atoms with E-state index in [1.165, 1.54) is 0 Å². The molecule has 0 aromatic carbocycles. The monoisotopic (exact) mass is 365 g/mol. The third kappa shape index (κ3) is 3.56. The fourth-order valence-electron chi connectivity index (χ4n) is 3.52. The molecular formula is C19H23N7O. The van der Waals surface area contributed by atoms with E-state index in [1.54, 1.807) is 22.8 Å². The van der Waals surface area contributed by atoms with Gasteiger partial charge in [0.15, 0.2) is 0 Å². The number of amides is 1. The molecule has 27 heavy (non-hydrogen) atoms. The summed E-state index contributed by atoms with van der Waals surface area (Å²) in [7, 11) is 0. The van der Waals surface area contributed by atoms with Crippen LogP contribution in [0.15, 0.2) is 42.7 Å². The lowest BCUT2D eigenvalue weighted by Gasteiger charge is -2.29. The number of pyridine rings is 2. The zero-order chi connectivity index (χ0) is 18.8. The molecule has 8 heteroatoms. The van der Waals surface area contributed by atoms with Gasteiger partial charge in [-0.3, -0.25) is 4.79 Å². The third-order valence-electron chi connectivity index (χ3n) is 4.99. The molecule has 1 fully saturated rings. The van der Waals surface area contributed by atoms with Crippen LogP contribution in [0.4, 0.5) is 17.3 Å². The molecule has 0 unspecified atom stereocenters. The lowest BCUT2D eigenvalue weighted by molar-refractivity contribution is 0.100. The number of nitrogens with zero attached hydrogens (tertiary/aromatic N) is 3. The Morgan fingerprint density at radius 1 is 1.19 bits per heavy atom. The van der Waals surface area contributed by atoms with Gasteiger partial charge in [0.1, 0.15) is 11.6 Å². The SMILES string of the molecule is NC(=O)c1ccc(N[C@@H]2CCCC[C@@H]2N)nc1Nc1cnn2ccccc12. The average Bonchev–Trinajstić information content (AvgIpc) is 3.07. The van der Waals surface area contributed by atoms with Crippen LogP contribution >= 0.6 is 0 Å². The van der Waals surface area contributed by atoms with E-state index in [0.29, 0.717) is 17.2 Å². The van der Waals surface area contributed by atoms with E-state index in [1.807, 2.05) is 24.4 Å². The quantitative estimate of drug-likeness (QED) is 0.550. The number of fused-ring (bicyclic) bond motifs is 1. The second kappa shape index (κ2) is 7.24. The maximum atomic E-state index is 11.8. The first-order chi connectivity index (χ1) is 13.1. The van der Waals surface area contributed by atoms with E-state index >= 15 is 0 Å². The van der Waals surface area contributed by atoms with Crippen LogP contribution < -0.4 is 22.1 Å². The van der Waals surface area contributed by atoms with Crippen molar-refractivity contribution in [1.82, 2.24) is 14.6 Å². The van der Waals surface area contributed by atoms with Gasteiger partial charge < -0.3 is 22.1 Å². The molecule has 0 spiro atoms. The van der Waals surface area contributed by atoms with Crippen molar-refractivity contribution >= 4 is 28.7 Å². The third-order valence-corrected chi connectivity index (χ3v) is 4.99. The molecule has 0 saturated heterocycles. The first-order valence-electron chi connectivity index (χ1n) is 9.14. The zero-order valence-corrected chi connectivity index (χ0v) is 14.9. The molecule has 6 N–H and O–H groups in total. The van der Waals surface area contributed by atoms with E-state index in [9.17, 15) is 4.79 Å². The normalized spacial score (nSPS) is 19.7. The second-order valence-corrected chi connectivity index (χ2v) is 6.87. The Hall–Kier alpha value is -3.13. The Morgan fingerprint density at radius 2 is 2.04 bits per heavy atom. The molecule has 1 aliphatic rings. The summed E-state index contributed by atoms with van der Waals surface area (Å²) in [4.78, 5) is 16.4. The fraction of sp³-hybridized carbons (Fsp3) is 0.316. The smallest absolute Gasteiger partial charge is 0.252 e. The molecule has 1 amide bonds. The first-order valence-corrected chi connectivity index (χ1v) is 9.14. The molecule has 140 valence electrons. The van der Waals surface area contributed by atoms with Crippen molar-refractivity contribution in [2.45, 2.75) is 37.8 Å². The highest BCUT2D eigenvalue weighted by molar-refractivity contribution is 5.99. The number of nitrogens with one attached hydrogen (secondary N) is 2. The minimum atomic E-state index is -0.539. The highest BCUT2D eigenvalue weighted by Crippen LogP contribution is 2.26. The van der Waals surface area contributed by atoms with Crippen molar-refractivity contribution in [3.8, 4) is 0 Å². The predicted octanol–water partition coefficient (Wildman–Crippen LogP) is 2.25. The molecule has 1 saturated carbocycles. The number of nitrogens with two attached hydrogens (primary N) is 2. The van der Waals surface area contributed by atoms with Crippen LogP contribution in [0.25, 0.3) is 5.52 Å². The number of hydrogen-bond donors (Lipinski definition) is 4. The van der Waals surface area contributed by atoms with Crippen LogP contribution in [0.5, 0.6) is 0 Å². The van der Waals surface area contributed by atoms with Crippen LogP contribution in [-0.4, -0.2) is 32.6 Å². The van der Waals surface area contributed by atoms with Crippen molar-refractivity contribution in [3.63, 3.8) is 0 Å². The molecule has 1 aliphatic carbocycles. The summed E-state index contributed by atoms with van der Waals surface area (Å²) in [6.45, 7) is 0. The molecule has 3 heterocycles. The Kier molecular flexibility index (Phi) is 4.64. The Morgan fingerprint density at radius 3 is 2.85 bits per heavy atom. The van der Waals surface area contributed by atoms with E-state index in [4.69, 9.17) is 11.5 Å². The van der Waals surface area contributed by atoms with Gasteiger partial charge in [0.2, 0.25) is 0 Å². The summed E-state index contributed by atoms with van der Waals surface area (Å²) < 4.78 is 1.75. The maximum Gasteiger partial charge on any atom is 0.252 e. The van der Waals surface area contributed by atoms with Gasteiger partial charge in [0.25, 0.3) is 5.91 Å². The van der Waals surface area contributed by atoms with Crippen molar-refractivity contribution in [2.75, 3.05) is 10.6 Å². The number of carbonyl (C=O) groups excluding carboxylic acids is 1. The highest BCUT2D eigenvalue weighted by atomic mass is 16.1. The van der Waals surface area contributed by atoms with Crippen LogP contribution in [-0.2, 0) is 0 Å². The molecular weight excluding hydrogens is 342 g/mol. The van der Waals surface area contributed by atoms with Gasteiger partial charge in [0, 0.05) is 18.3 Å². The van der Waals surface area contributed by atoms with Gasteiger partial charge in [-0.05, 0) is 37.1 Å². The lowest BCUT2D eigenvalue weighted by Crippen LogP contribution is -2.42. The molecule has 4 rings (SSSR count). The Bertz CT molecular complexity index is 968. The van der Waals surface area contributed by atoms with E-state index in [2.05, 4.69) is 20.7 Å². The van der Waals surface area contributed by atoms with Gasteiger partial charge in [0.05, 0.1) is 23.0 Å². The summed E-state index contributed by atoms with van der Waals surface area (Å²) in [6, 6.07) is 9.48. The zero-order valence-electron chi connectivity index (χ0n) is 14.9. The van der Waals surface area contributed by atoms with Gasteiger partial charge in [-0.15, -0.1) is 0 Å². The van der Waals surface area contributed by atoms with Gasteiger partial charge in [-0.1, -0.05) is 18.9 Å². The van der Waals surface area contributed by atoms with E-state index < -0.39 is 5.91 Å². The number of aromatic nitrogens is 3. The first kappa shape index (κ1) is 17.3. The standard InChI is InChI=1S/C19H23N7O/c20-13-5-1-2-6-14(13)23-17-9-8-12(18(21)27)19(25-17)24-15-11-22-26-10-4-3-7-16(15)26/h3-4,7-11,13-14H,1-2,5-6,20H2,(H2,21,27)(H2,23,24,25)/t13-,14+/m0/s1. The largest absolute Gasteiger partial charge is 0.366 e. The molecule has 2 atom stereocenters. The van der Waals surface area contributed by atoms with Crippen LogP contribution in [0.1, 0.15) is 36.0 Å². The summed E-state index contributed by atoms with van der Waals surface area (Å²) in [5.41, 5.74) is 13.7. The minimum absolute atomic E-state index is 0.104. The molecule has 0 aliphatic heterocycles. The second-order valence-electron chi connectivity index (χ2n) is 6.87. The van der Waals surface area contributed by atoms with Crippen molar-refractivity contribution in [1.29, 1.82) is 0 Å². The lowest BCUT2D eigenvalue weighted by atomic mass is 9.91.